The fourth-order valence-electron chi connectivity index (χ4n) is 5.91. The summed E-state index contributed by atoms with van der Waals surface area (Å²) in [6.07, 6.45) is 5.88. The predicted octanol–water partition coefficient (Wildman–Crippen LogP) is 4.19. The molecule has 2 aromatic carbocycles. The molecule has 114 valence electrons. The molecule has 2 N–H and O–H groups in total. The van der Waals surface area contributed by atoms with Gasteiger partial charge in [0.1, 0.15) is 5.75 Å². The van der Waals surface area contributed by atoms with Gasteiger partial charge in [-0.3, -0.25) is 0 Å². The van der Waals surface area contributed by atoms with Crippen LogP contribution in [0.2, 0.25) is 0 Å². The Hall–Kier alpha value is -1.54. The lowest BCUT2D eigenvalue weighted by molar-refractivity contribution is -0.178. The van der Waals surface area contributed by atoms with Gasteiger partial charge in [0.2, 0.25) is 0 Å². The van der Waals surface area contributed by atoms with Gasteiger partial charge in [0.15, 0.2) is 0 Å². The second-order valence-electron chi connectivity index (χ2n) is 7.72. The highest BCUT2D eigenvalue weighted by Crippen LogP contribution is 2.62. The quantitative estimate of drug-likeness (QED) is 0.828. The molecule has 0 atom stereocenters. The van der Waals surface area contributed by atoms with Crippen molar-refractivity contribution in [1.29, 1.82) is 0 Å². The SMILES string of the molecule is [2H]c1ccc(C2(O)C3CC4CC(C3)CC2C4)c2cccc(O)c12. The summed E-state index contributed by atoms with van der Waals surface area (Å²) in [5.41, 5.74) is 0.154. The van der Waals surface area contributed by atoms with Gasteiger partial charge in [0, 0.05) is 5.39 Å². The molecule has 0 saturated heterocycles. The highest BCUT2D eigenvalue weighted by atomic mass is 16.3. The van der Waals surface area contributed by atoms with E-state index in [9.17, 15) is 10.2 Å². The Balaban J connectivity index is 1.74. The third kappa shape index (κ3) is 1.54. The second kappa shape index (κ2) is 4.26. The molecule has 4 aliphatic rings. The third-order valence-electron chi connectivity index (χ3n) is 6.62. The van der Waals surface area contributed by atoms with E-state index >= 15 is 0 Å². The molecule has 4 bridgehead atoms. The van der Waals surface area contributed by atoms with Crippen LogP contribution < -0.4 is 0 Å². The van der Waals surface area contributed by atoms with Crippen molar-refractivity contribution in [3.05, 3.63) is 41.9 Å². The third-order valence-corrected chi connectivity index (χ3v) is 6.62. The van der Waals surface area contributed by atoms with Gasteiger partial charge in [-0.25, -0.2) is 0 Å². The Morgan fingerprint density at radius 1 is 0.909 bits per heavy atom. The van der Waals surface area contributed by atoms with Gasteiger partial charge in [0.25, 0.3) is 0 Å². The van der Waals surface area contributed by atoms with Gasteiger partial charge in [-0.05, 0) is 72.8 Å². The lowest BCUT2D eigenvalue weighted by atomic mass is 9.48. The molecular weight excluding hydrogens is 272 g/mol. The van der Waals surface area contributed by atoms with E-state index in [4.69, 9.17) is 1.37 Å². The van der Waals surface area contributed by atoms with E-state index < -0.39 is 5.60 Å². The standard InChI is InChI=1S/C20H22O2/c21-19-6-2-3-16-17(19)4-1-5-18(16)20(22)14-8-12-7-13(10-14)11-15(20)9-12/h1-6,12-15,21-22H,7-11H2/i4D. The summed E-state index contributed by atoms with van der Waals surface area (Å²) in [5, 5.41) is 23.4. The van der Waals surface area contributed by atoms with Gasteiger partial charge in [-0.15, -0.1) is 0 Å². The molecule has 22 heavy (non-hydrogen) atoms. The van der Waals surface area contributed by atoms with Crippen LogP contribution in [-0.4, -0.2) is 10.2 Å². The van der Waals surface area contributed by atoms with Crippen LogP contribution in [0.3, 0.4) is 0 Å². The zero-order valence-corrected chi connectivity index (χ0v) is 12.6. The van der Waals surface area contributed by atoms with Gasteiger partial charge < -0.3 is 10.2 Å². The van der Waals surface area contributed by atoms with Crippen LogP contribution in [0, 0.1) is 23.7 Å². The van der Waals surface area contributed by atoms with Crippen LogP contribution >= 0.6 is 0 Å². The van der Waals surface area contributed by atoms with Crippen molar-refractivity contribution in [3.63, 3.8) is 0 Å². The summed E-state index contributed by atoms with van der Waals surface area (Å²) in [7, 11) is 0. The predicted molar refractivity (Wildman–Crippen MR) is 86.6 cm³/mol. The maximum atomic E-state index is 11.8. The number of rotatable bonds is 1. The number of aromatic hydroxyl groups is 1. The molecule has 0 aliphatic heterocycles. The van der Waals surface area contributed by atoms with Gasteiger partial charge in [-0.2, -0.15) is 0 Å². The maximum absolute atomic E-state index is 11.8. The minimum Gasteiger partial charge on any atom is -0.507 e. The normalized spacial score (nSPS) is 40.1. The Morgan fingerprint density at radius 2 is 1.59 bits per heavy atom. The smallest absolute Gasteiger partial charge is 0.123 e. The summed E-state index contributed by atoms with van der Waals surface area (Å²) in [6, 6.07) is 9.40. The zero-order valence-electron chi connectivity index (χ0n) is 13.6. The first kappa shape index (κ1) is 12.0. The Labute approximate surface area is 132 Å². The van der Waals surface area contributed by atoms with Crippen molar-refractivity contribution in [3.8, 4) is 5.75 Å². The number of fused-ring (bicyclic) bond motifs is 1. The van der Waals surface area contributed by atoms with Crippen LogP contribution in [0.4, 0.5) is 0 Å². The number of hydrogen-bond donors (Lipinski definition) is 2. The number of aliphatic hydroxyl groups is 1. The molecule has 4 saturated carbocycles. The van der Waals surface area contributed by atoms with E-state index in [1.165, 1.54) is 6.42 Å². The fourth-order valence-corrected chi connectivity index (χ4v) is 5.91. The average molecular weight is 295 g/mol. The molecule has 2 nitrogen and oxygen atoms in total. The number of phenols is 1. The Morgan fingerprint density at radius 3 is 2.27 bits per heavy atom. The van der Waals surface area contributed by atoms with Gasteiger partial charge >= 0.3 is 0 Å². The highest BCUT2D eigenvalue weighted by molar-refractivity contribution is 5.91. The van der Waals surface area contributed by atoms with Crippen molar-refractivity contribution >= 4 is 10.8 Å². The minimum atomic E-state index is -0.785. The van der Waals surface area contributed by atoms with Crippen molar-refractivity contribution < 1.29 is 11.6 Å². The minimum absolute atomic E-state index is 0.141. The van der Waals surface area contributed by atoms with Gasteiger partial charge in [0.05, 0.1) is 6.97 Å². The monoisotopic (exact) mass is 295 g/mol. The van der Waals surface area contributed by atoms with E-state index in [1.54, 1.807) is 12.1 Å². The summed E-state index contributed by atoms with van der Waals surface area (Å²) in [6.45, 7) is 0. The average Bonchev–Trinajstić information content (AvgIpc) is 2.52. The molecule has 0 heterocycles. The lowest BCUT2D eigenvalue weighted by Crippen LogP contribution is -2.55. The summed E-state index contributed by atoms with van der Waals surface area (Å²) in [5.74, 6) is 2.41. The van der Waals surface area contributed by atoms with Crippen molar-refractivity contribution in [1.82, 2.24) is 0 Å². The number of benzene rings is 2. The van der Waals surface area contributed by atoms with Crippen LogP contribution in [0.15, 0.2) is 36.4 Å². The molecule has 0 radical (unpaired) electrons. The van der Waals surface area contributed by atoms with E-state index in [0.717, 1.165) is 48.5 Å². The topological polar surface area (TPSA) is 40.5 Å². The van der Waals surface area contributed by atoms with E-state index in [2.05, 4.69) is 0 Å². The fraction of sp³-hybridized carbons (Fsp3) is 0.500. The van der Waals surface area contributed by atoms with E-state index in [1.807, 2.05) is 18.2 Å². The largest absolute Gasteiger partial charge is 0.507 e. The van der Waals surface area contributed by atoms with Crippen molar-refractivity contribution in [2.75, 3.05) is 0 Å². The van der Waals surface area contributed by atoms with E-state index in [-0.39, 0.29) is 5.75 Å². The summed E-state index contributed by atoms with van der Waals surface area (Å²) >= 11 is 0. The molecule has 2 aromatic rings. The van der Waals surface area contributed by atoms with Crippen molar-refractivity contribution in [2.24, 2.45) is 23.7 Å². The number of phenolic OH excluding ortho intramolecular Hbond substituents is 1. The molecule has 0 unspecified atom stereocenters. The lowest BCUT2D eigenvalue weighted by Gasteiger charge is -2.59. The van der Waals surface area contributed by atoms with Crippen molar-refractivity contribution in [2.45, 2.75) is 37.7 Å². The van der Waals surface area contributed by atoms with Crippen LogP contribution in [0.1, 0.15) is 39.0 Å². The first-order valence-electron chi connectivity index (χ1n) is 9.01. The van der Waals surface area contributed by atoms with Crippen LogP contribution in [0.5, 0.6) is 5.75 Å². The molecule has 0 aromatic heterocycles. The molecule has 0 spiro atoms. The van der Waals surface area contributed by atoms with Gasteiger partial charge in [-0.1, -0.05) is 30.3 Å². The maximum Gasteiger partial charge on any atom is 0.123 e. The molecule has 2 heteroatoms. The Bertz CT molecular complexity index is 761. The summed E-state index contributed by atoms with van der Waals surface area (Å²) in [4.78, 5) is 0. The summed E-state index contributed by atoms with van der Waals surface area (Å²) < 4.78 is 8.14. The number of hydrogen-bond acceptors (Lipinski definition) is 2. The first-order chi connectivity index (χ1) is 11.1. The molecule has 4 fully saturated rings. The first-order valence-corrected chi connectivity index (χ1v) is 8.51. The molecule has 6 rings (SSSR count). The second-order valence-corrected chi connectivity index (χ2v) is 7.72. The van der Waals surface area contributed by atoms with Crippen LogP contribution in [-0.2, 0) is 5.60 Å². The van der Waals surface area contributed by atoms with Crippen LogP contribution in [0.25, 0.3) is 10.8 Å². The molecule has 0 amide bonds. The van der Waals surface area contributed by atoms with E-state index in [0.29, 0.717) is 23.3 Å². The highest BCUT2D eigenvalue weighted by Gasteiger charge is 2.57. The Kier molecular flexibility index (Phi) is 2.31. The molecular formula is C20H22O2. The zero-order chi connectivity index (χ0) is 15.8. The molecule has 4 aliphatic carbocycles.